The average Bonchev–Trinajstić information content (AvgIpc) is 0. The Morgan fingerprint density at radius 3 is 1.00 bits per heavy atom. The summed E-state index contributed by atoms with van der Waals surface area (Å²) in [4.78, 5) is 0. The van der Waals surface area contributed by atoms with Crippen molar-refractivity contribution in [3.8, 4) is 0 Å². The Kier molecular flexibility index (Phi) is 210. The molecule has 3 radical (unpaired) electrons. The molecular weight excluding hydrogens is 414 g/mol. The van der Waals surface area contributed by atoms with Gasteiger partial charge in [-0.15, -0.1) is 0 Å². The first-order valence-corrected chi connectivity index (χ1v) is 0. The van der Waals surface area contributed by atoms with Gasteiger partial charge in [0.25, 0.3) is 0 Å². The Hall–Kier alpha value is 3.38. The molecule has 0 N–H and O–H groups in total. The Labute approximate surface area is 103 Å². The van der Waals surface area contributed by atoms with Crippen molar-refractivity contribution in [3.63, 3.8) is 0 Å². The van der Waals surface area contributed by atoms with Gasteiger partial charge in [0, 0.05) is 105 Å². The number of hydrogen-bond acceptors (Lipinski definition) is 0. The topological polar surface area (TPSA) is 0 Å². The second-order valence-electron chi connectivity index (χ2n) is 0. The Morgan fingerprint density at radius 2 is 1.00 bits per heavy atom. The third kappa shape index (κ3) is 18.7. The van der Waals surface area contributed by atoms with Crippen molar-refractivity contribution < 1.29 is 105 Å². The molecule has 0 aliphatic heterocycles. The van der Waals surface area contributed by atoms with Crippen molar-refractivity contribution >= 4 is 0 Å². The molecule has 0 heterocycles. The van der Waals surface area contributed by atoms with Crippen molar-refractivity contribution in [3.05, 3.63) is 0 Å². The largest absolute Gasteiger partial charge is 0 e. The zero-order valence-corrected chi connectivity index (χ0v) is 9.93. The molecular formula is AgCuNbNiZr. The molecule has 41 valence electrons. The van der Waals surface area contributed by atoms with Crippen LogP contribution in [0.15, 0.2) is 0 Å². The maximum atomic E-state index is 0. The van der Waals surface area contributed by atoms with Gasteiger partial charge in [-0.2, -0.15) is 0 Å². The standard InChI is InChI=1S/Ag.Cu.Nb.Ni.Zr. The zero-order valence-electron chi connectivity index (χ0n) is 1.87. The molecule has 0 aliphatic carbocycles. The minimum atomic E-state index is 0. The van der Waals surface area contributed by atoms with Crippen LogP contribution in [0.5, 0.6) is 0 Å². The van der Waals surface area contributed by atoms with Crippen molar-refractivity contribution in [2.24, 2.45) is 0 Å². The van der Waals surface area contributed by atoms with Crippen LogP contribution in [0.1, 0.15) is 0 Å². The molecule has 0 aliphatic rings. The van der Waals surface area contributed by atoms with Crippen LogP contribution >= 0.6 is 0 Å². The fourth-order valence-electron chi connectivity index (χ4n) is 0. The van der Waals surface area contributed by atoms with Gasteiger partial charge in [0.05, 0.1) is 0 Å². The van der Waals surface area contributed by atoms with Gasteiger partial charge in [0.1, 0.15) is 0 Å². The minimum absolute atomic E-state index is 0. The van der Waals surface area contributed by atoms with E-state index in [2.05, 4.69) is 0 Å². The molecule has 0 unspecified atom stereocenters. The van der Waals surface area contributed by atoms with Crippen LogP contribution in [0.2, 0.25) is 0 Å². The molecule has 0 atom stereocenters. The maximum Gasteiger partial charge on any atom is 0 e. The van der Waals surface area contributed by atoms with Crippen LogP contribution in [-0.4, -0.2) is 0 Å². The summed E-state index contributed by atoms with van der Waals surface area (Å²) in [7, 11) is 0. The molecule has 0 spiro atoms. The zero-order chi connectivity index (χ0) is 0. The normalized spacial score (nSPS) is 0. The fraction of sp³-hybridized carbons (Fsp3) is 0. The van der Waals surface area contributed by atoms with E-state index in [1.165, 1.54) is 0 Å². The van der Waals surface area contributed by atoms with E-state index in [0.717, 1.165) is 0 Å². The van der Waals surface area contributed by atoms with E-state index in [4.69, 9.17) is 0 Å². The molecule has 0 bridgehead atoms. The van der Waals surface area contributed by atoms with Crippen LogP contribution in [0.4, 0.5) is 0 Å². The molecule has 0 aromatic rings. The summed E-state index contributed by atoms with van der Waals surface area (Å²) < 4.78 is 0. The van der Waals surface area contributed by atoms with Crippen LogP contribution < -0.4 is 0 Å². The predicted octanol–water partition coefficient (Wildman–Crippen LogP) is -0.0125. The van der Waals surface area contributed by atoms with Gasteiger partial charge in [-0.05, 0) is 0 Å². The van der Waals surface area contributed by atoms with E-state index >= 15 is 0 Å². The van der Waals surface area contributed by atoms with Gasteiger partial charge in [-0.25, -0.2) is 0 Å². The Morgan fingerprint density at radius 1 is 1.00 bits per heavy atom. The van der Waals surface area contributed by atoms with Gasteiger partial charge in [0.15, 0.2) is 0 Å². The summed E-state index contributed by atoms with van der Waals surface area (Å²) in [6.07, 6.45) is 0. The molecule has 0 saturated heterocycles. The second-order valence-corrected chi connectivity index (χ2v) is 0. The first-order chi connectivity index (χ1) is 0. The van der Waals surface area contributed by atoms with E-state index in [-0.39, 0.29) is 105 Å². The summed E-state index contributed by atoms with van der Waals surface area (Å²) in [5.41, 5.74) is 0. The van der Waals surface area contributed by atoms with Gasteiger partial charge < -0.3 is 0 Å². The van der Waals surface area contributed by atoms with E-state index < -0.39 is 0 Å². The van der Waals surface area contributed by atoms with Gasteiger partial charge in [-0.1, -0.05) is 0 Å². The van der Waals surface area contributed by atoms with Crippen LogP contribution in [0.3, 0.4) is 0 Å². The summed E-state index contributed by atoms with van der Waals surface area (Å²) in [5.74, 6) is 0. The third-order valence-electron chi connectivity index (χ3n) is 0. The SMILES string of the molecule is [Ag].[Cu].[Nb].[Ni].[Zr]. The first kappa shape index (κ1) is 40.0. The van der Waals surface area contributed by atoms with Crippen LogP contribution in [0, 0.1) is 0 Å². The van der Waals surface area contributed by atoms with Crippen molar-refractivity contribution in [2.45, 2.75) is 0 Å². The maximum absolute atomic E-state index is 0. The third-order valence-corrected chi connectivity index (χ3v) is 0. The Bertz CT molecular complexity index is 11.6. The first-order valence-electron chi connectivity index (χ1n) is 0. The minimum Gasteiger partial charge on any atom is 0 e. The van der Waals surface area contributed by atoms with Crippen molar-refractivity contribution in [1.82, 2.24) is 0 Å². The van der Waals surface area contributed by atoms with Crippen LogP contribution in [-0.2, 0) is 105 Å². The molecule has 5 heteroatoms. The quantitative estimate of drug-likeness (QED) is 0.490. The summed E-state index contributed by atoms with van der Waals surface area (Å²) >= 11 is 0. The van der Waals surface area contributed by atoms with Crippen molar-refractivity contribution in [2.75, 3.05) is 0 Å². The molecule has 0 rings (SSSR count). The summed E-state index contributed by atoms with van der Waals surface area (Å²) in [6.45, 7) is 0. The molecule has 0 amide bonds. The van der Waals surface area contributed by atoms with E-state index in [9.17, 15) is 0 Å². The number of rotatable bonds is 0. The fourth-order valence-corrected chi connectivity index (χ4v) is 0. The predicted molar refractivity (Wildman–Crippen MR) is 0 cm³/mol. The molecule has 0 saturated carbocycles. The molecule has 0 nitrogen and oxygen atoms in total. The molecule has 0 aromatic carbocycles. The number of hydrogen-bond donors (Lipinski definition) is 0. The van der Waals surface area contributed by atoms with E-state index in [0.29, 0.717) is 0 Å². The Balaban J connectivity index is 0. The average molecular weight is 414 g/mol. The van der Waals surface area contributed by atoms with Crippen LogP contribution in [0.25, 0.3) is 0 Å². The van der Waals surface area contributed by atoms with Gasteiger partial charge in [0.2, 0.25) is 0 Å². The van der Waals surface area contributed by atoms with E-state index in [1.807, 2.05) is 0 Å². The monoisotopic (exact) mass is 411 g/mol. The second kappa shape index (κ2) is 26.3. The molecule has 5 heavy (non-hydrogen) atoms. The molecule has 0 fully saturated rings. The molecule has 0 aromatic heterocycles. The summed E-state index contributed by atoms with van der Waals surface area (Å²) in [5, 5.41) is 0. The van der Waals surface area contributed by atoms with Gasteiger partial charge in [-0.3, -0.25) is 0 Å². The van der Waals surface area contributed by atoms with E-state index in [1.54, 1.807) is 0 Å². The smallest absolute Gasteiger partial charge is 0 e. The van der Waals surface area contributed by atoms with Gasteiger partial charge >= 0.3 is 0 Å². The van der Waals surface area contributed by atoms with Crippen molar-refractivity contribution in [1.29, 1.82) is 0 Å². The summed E-state index contributed by atoms with van der Waals surface area (Å²) in [6, 6.07) is 0.